The highest BCUT2D eigenvalue weighted by molar-refractivity contribution is 7.19. The van der Waals surface area contributed by atoms with Crippen molar-refractivity contribution in [2.45, 2.75) is 158 Å². The smallest absolute Gasteiger partial charge is 0.226 e. The van der Waals surface area contributed by atoms with E-state index in [1.165, 1.54) is 0 Å². The molecule has 0 fully saturated rings. The van der Waals surface area contributed by atoms with Crippen LogP contribution >= 0.6 is 9.24 Å². The summed E-state index contributed by atoms with van der Waals surface area (Å²) < 4.78 is 6.54. The van der Waals surface area contributed by atoms with Gasteiger partial charge in [0.15, 0.2) is 0 Å². The first-order valence-electron chi connectivity index (χ1n) is 14.8. The standard InChI is InChI=1S/C32H65N2O3P/c1-16-18-31(13,19-17-2)22-24(35)34-27(5,6)23-26(3,4)32(14,38)20-21-37-30(11,12)29(9,10)28(7,8)25(36)33-15/h16-23,38H2,1-15H3,(H,33,36)(H,34,35). The molecule has 0 saturated heterocycles. The molecule has 2 unspecified atom stereocenters. The molecule has 0 aliphatic carbocycles. The molecular formula is C32H65N2O3P. The zero-order valence-electron chi connectivity index (χ0n) is 28.0. The van der Waals surface area contributed by atoms with Crippen LogP contribution in [0.4, 0.5) is 0 Å². The van der Waals surface area contributed by atoms with Crippen molar-refractivity contribution in [2.24, 2.45) is 21.7 Å². The molecule has 0 bridgehead atoms. The lowest BCUT2D eigenvalue weighted by Crippen LogP contribution is -2.56. The molecular weight excluding hydrogens is 491 g/mol. The lowest BCUT2D eigenvalue weighted by atomic mass is 9.59. The zero-order valence-corrected chi connectivity index (χ0v) is 29.1. The van der Waals surface area contributed by atoms with Crippen LogP contribution in [0.3, 0.4) is 0 Å². The fraction of sp³-hybridized carbons (Fsp3) is 0.938. The molecule has 0 aliphatic heterocycles. The van der Waals surface area contributed by atoms with Gasteiger partial charge >= 0.3 is 0 Å². The zero-order chi connectivity index (χ0) is 30.4. The average molecular weight is 557 g/mol. The van der Waals surface area contributed by atoms with Crippen LogP contribution in [0.1, 0.15) is 142 Å². The van der Waals surface area contributed by atoms with Gasteiger partial charge in [-0.15, -0.1) is 9.24 Å². The maximum atomic E-state index is 13.1. The van der Waals surface area contributed by atoms with E-state index >= 15 is 0 Å². The summed E-state index contributed by atoms with van der Waals surface area (Å²) in [6.45, 7) is 30.8. The molecule has 38 heavy (non-hydrogen) atoms. The fourth-order valence-corrected chi connectivity index (χ4v) is 6.27. The molecule has 2 amide bonds. The van der Waals surface area contributed by atoms with E-state index in [0.29, 0.717) is 13.0 Å². The summed E-state index contributed by atoms with van der Waals surface area (Å²) in [6, 6.07) is 0. The number of carbonyl (C=O) groups is 2. The Hall–Kier alpha value is -0.670. The Bertz CT molecular complexity index is 776. The van der Waals surface area contributed by atoms with Gasteiger partial charge in [-0.2, -0.15) is 0 Å². The number of ether oxygens (including phenoxy) is 1. The van der Waals surface area contributed by atoms with E-state index in [0.717, 1.165) is 38.5 Å². The molecule has 0 heterocycles. The fourth-order valence-electron chi connectivity index (χ4n) is 6.06. The molecule has 226 valence electrons. The first-order valence-corrected chi connectivity index (χ1v) is 15.4. The Kier molecular flexibility index (Phi) is 13.1. The van der Waals surface area contributed by atoms with Crippen LogP contribution in [0.5, 0.6) is 0 Å². The van der Waals surface area contributed by atoms with E-state index in [4.69, 9.17) is 4.74 Å². The quantitative estimate of drug-likeness (QED) is 0.179. The minimum Gasteiger partial charge on any atom is -0.375 e. The highest BCUT2D eigenvalue weighted by atomic mass is 31.0. The second-order valence-electron chi connectivity index (χ2n) is 15.3. The van der Waals surface area contributed by atoms with Crippen LogP contribution in [0.25, 0.3) is 0 Å². The van der Waals surface area contributed by atoms with E-state index in [1.807, 2.05) is 13.8 Å². The molecule has 0 radical (unpaired) electrons. The van der Waals surface area contributed by atoms with Gasteiger partial charge in [-0.25, -0.2) is 0 Å². The molecule has 0 saturated carbocycles. The number of nitrogens with one attached hydrogen (secondary N) is 2. The Morgan fingerprint density at radius 1 is 0.789 bits per heavy atom. The van der Waals surface area contributed by atoms with Crippen LogP contribution in [0.15, 0.2) is 0 Å². The molecule has 0 aromatic carbocycles. The molecule has 0 aromatic heterocycles. The SMILES string of the molecule is CCCC(C)(CCC)CC(=O)NC(C)(C)CC(C)(C)C(C)(P)CCOC(C)(C)C(C)(C)C(C)(C)C(=O)NC. The number of hydrogen-bond acceptors (Lipinski definition) is 3. The molecule has 0 aromatic rings. The number of hydrogen-bond donors (Lipinski definition) is 2. The van der Waals surface area contributed by atoms with E-state index in [-0.39, 0.29) is 33.3 Å². The van der Waals surface area contributed by atoms with E-state index in [2.05, 4.69) is 103 Å². The predicted octanol–water partition coefficient (Wildman–Crippen LogP) is 7.91. The van der Waals surface area contributed by atoms with E-state index in [1.54, 1.807) is 7.05 Å². The Balaban J connectivity index is 5.38. The number of rotatable bonds is 17. The van der Waals surface area contributed by atoms with Crippen LogP contribution in [-0.2, 0) is 14.3 Å². The van der Waals surface area contributed by atoms with Gasteiger partial charge in [0.05, 0.1) is 11.0 Å². The summed E-state index contributed by atoms with van der Waals surface area (Å²) in [5.41, 5.74) is -1.83. The van der Waals surface area contributed by atoms with Gasteiger partial charge < -0.3 is 15.4 Å². The van der Waals surface area contributed by atoms with Crippen molar-refractivity contribution < 1.29 is 14.3 Å². The highest BCUT2D eigenvalue weighted by Gasteiger charge is 2.52. The van der Waals surface area contributed by atoms with Crippen LogP contribution in [-0.4, -0.2) is 41.8 Å². The average Bonchev–Trinajstić information content (AvgIpc) is 2.70. The molecule has 5 nitrogen and oxygen atoms in total. The minimum atomic E-state index is -0.596. The summed E-state index contributed by atoms with van der Waals surface area (Å²) in [5, 5.41) is 6.08. The topological polar surface area (TPSA) is 67.4 Å². The second-order valence-corrected chi connectivity index (χ2v) is 16.6. The summed E-state index contributed by atoms with van der Waals surface area (Å²) in [7, 11) is 4.77. The van der Waals surface area contributed by atoms with E-state index < -0.39 is 16.4 Å². The van der Waals surface area contributed by atoms with E-state index in [9.17, 15) is 9.59 Å². The second kappa shape index (κ2) is 13.3. The third-order valence-corrected chi connectivity index (χ3v) is 11.2. The number of amides is 2. The summed E-state index contributed by atoms with van der Waals surface area (Å²) in [5.74, 6) is 0.178. The van der Waals surface area contributed by atoms with Crippen molar-refractivity contribution >= 4 is 21.1 Å². The van der Waals surface area contributed by atoms with Crippen molar-refractivity contribution in [2.75, 3.05) is 13.7 Å². The molecule has 0 rings (SSSR count). The maximum absolute atomic E-state index is 13.1. The van der Waals surface area contributed by atoms with Gasteiger partial charge in [-0.3, -0.25) is 9.59 Å². The van der Waals surface area contributed by atoms with Crippen LogP contribution < -0.4 is 10.6 Å². The summed E-state index contributed by atoms with van der Waals surface area (Å²) in [4.78, 5) is 25.8. The number of carbonyl (C=O) groups excluding carboxylic acids is 2. The van der Waals surface area contributed by atoms with Crippen LogP contribution in [0.2, 0.25) is 0 Å². The van der Waals surface area contributed by atoms with Crippen molar-refractivity contribution in [3.8, 4) is 0 Å². The van der Waals surface area contributed by atoms with Gasteiger partial charge in [-0.1, -0.05) is 82.1 Å². The molecule has 0 spiro atoms. The molecule has 6 heteroatoms. The lowest BCUT2D eigenvalue weighted by Gasteiger charge is -2.51. The first-order chi connectivity index (χ1) is 16.9. The van der Waals surface area contributed by atoms with Gasteiger partial charge in [0.2, 0.25) is 11.8 Å². The van der Waals surface area contributed by atoms with Crippen molar-refractivity contribution in [3.05, 3.63) is 0 Å². The third kappa shape index (κ3) is 9.46. The minimum absolute atomic E-state index is 0.0187. The van der Waals surface area contributed by atoms with Gasteiger partial charge in [0.1, 0.15) is 0 Å². The predicted molar refractivity (Wildman–Crippen MR) is 168 cm³/mol. The highest BCUT2D eigenvalue weighted by Crippen LogP contribution is 2.50. The summed E-state index contributed by atoms with van der Waals surface area (Å²) in [6.07, 6.45) is 6.65. The third-order valence-electron chi connectivity index (χ3n) is 10.1. The van der Waals surface area contributed by atoms with Crippen molar-refractivity contribution in [3.63, 3.8) is 0 Å². The maximum Gasteiger partial charge on any atom is 0.226 e. The summed E-state index contributed by atoms with van der Waals surface area (Å²) >= 11 is 0. The Morgan fingerprint density at radius 2 is 1.26 bits per heavy atom. The van der Waals surface area contributed by atoms with Crippen molar-refractivity contribution in [1.29, 1.82) is 0 Å². The Morgan fingerprint density at radius 3 is 1.68 bits per heavy atom. The van der Waals surface area contributed by atoms with Gasteiger partial charge in [0, 0.05) is 31.0 Å². The molecule has 2 N–H and O–H groups in total. The molecule has 2 atom stereocenters. The lowest BCUT2D eigenvalue weighted by molar-refractivity contribution is -0.165. The largest absolute Gasteiger partial charge is 0.375 e. The van der Waals surface area contributed by atoms with Gasteiger partial charge in [0.25, 0.3) is 0 Å². The van der Waals surface area contributed by atoms with Gasteiger partial charge in [-0.05, 0) is 69.4 Å². The molecule has 0 aliphatic rings. The van der Waals surface area contributed by atoms with Crippen molar-refractivity contribution in [1.82, 2.24) is 10.6 Å². The Labute approximate surface area is 239 Å². The monoisotopic (exact) mass is 556 g/mol. The first kappa shape index (κ1) is 37.3. The van der Waals surface area contributed by atoms with Crippen LogP contribution in [0, 0.1) is 21.7 Å². The normalized spacial score (nSPS) is 15.7.